The summed E-state index contributed by atoms with van der Waals surface area (Å²) in [6.45, 7) is 12.5. The van der Waals surface area contributed by atoms with Gasteiger partial charge in [-0.3, -0.25) is 0 Å². The Hall–Kier alpha value is 0. The Morgan fingerprint density at radius 3 is 1.87 bits per heavy atom. The second-order valence-corrected chi connectivity index (χ2v) is 7.62. The van der Waals surface area contributed by atoms with E-state index in [-0.39, 0.29) is 0 Å². The third-order valence-electron chi connectivity index (χ3n) is 5.44. The minimum Gasteiger partial charge on any atom is -0.0625 e. The standard InChI is InChI=1S/C15H28/c1-11-8-9-14(2,3)12-6-7-13(12)15(4,5)10-11/h11-13H,6-10H2,1-5H3. The van der Waals surface area contributed by atoms with E-state index >= 15 is 0 Å². The molecular formula is C15H28. The molecule has 2 saturated carbocycles. The van der Waals surface area contributed by atoms with E-state index in [0.29, 0.717) is 10.8 Å². The maximum atomic E-state index is 2.52. The first-order chi connectivity index (χ1) is 6.83. The normalized spacial score (nSPS) is 43.4. The van der Waals surface area contributed by atoms with E-state index in [2.05, 4.69) is 34.6 Å². The van der Waals surface area contributed by atoms with Crippen molar-refractivity contribution in [3.8, 4) is 0 Å². The molecule has 2 aliphatic carbocycles. The number of rotatable bonds is 0. The fourth-order valence-corrected chi connectivity index (χ4v) is 4.33. The maximum Gasteiger partial charge on any atom is -0.0321 e. The van der Waals surface area contributed by atoms with Crippen LogP contribution in [0.5, 0.6) is 0 Å². The molecule has 88 valence electrons. The zero-order valence-electron chi connectivity index (χ0n) is 11.3. The van der Waals surface area contributed by atoms with Crippen molar-refractivity contribution >= 4 is 0 Å². The quantitative estimate of drug-likeness (QED) is 0.532. The SMILES string of the molecule is CC1CCC(C)(C)C2CCC2C(C)(C)C1. The van der Waals surface area contributed by atoms with Crippen LogP contribution in [0.4, 0.5) is 0 Å². The number of hydrogen-bond acceptors (Lipinski definition) is 0. The Balaban J connectivity index is 2.20. The molecular weight excluding hydrogens is 180 g/mol. The summed E-state index contributed by atoms with van der Waals surface area (Å²) in [4.78, 5) is 0. The molecule has 2 aliphatic rings. The Morgan fingerprint density at radius 2 is 1.33 bits per heavy atom. The average Bonchev–Trinajstić information content (AvgIpc) is 1.94. The van der Waals surface area contributed by atoms with E-state index in [1.54, 1.807) is 0 Å². The van der Waals surface area contributed by atoms with Crippen LogP contribution in [0.3, 0.4) is 0 Å². The summed E-state index contributed by atoms with van der Waals surface area (Å²) in [7, 11) is 0. The Kier molecular flexibility index (Phi) is 2.68. The number of hydrogen-bond donors (Lipinski definition) is 0. The monoisotopic (exact) mass is 208 g/mol. The summed E-state index contributed by atoms with van der Waals surface area (Å²) in [5.74, 6) is 2.95. The molecule has 0 nitrogen and oxygen atoms in total. The van der Waals surface area contributed by atoms with Crippen LogP contribution in [0.25, 0.3) is 0 Å². The van der Waals surface area contributed by atoms with E-state index in [1.165, 1.54) is 32.1 Å². The first-order valence-electron chi connectivity index (χ1n) is 6.83. The minimum atomic E-state index is 0.597. The van der Waals surface area contributed by atoms with E-state index < -0.39 is 0 Å². The van der Waals surface area contributed by atoms with Crippen LogP contribution in [-0.4, -0.2) is 0 Å². The smallest absolute Gasteiger partial charge is 0.0321 e. The van der Waals surface area contributed by atoms with Gasteiger partial charge in [0.15, 0.2) is 0 Å². The van der Waals surface area contributed by atoms with Gasteiger partial charge in [-0.15, -0.1) is 0 Å². The molecule has 15 heavy (non-hydrogen) atoms. The predicted octanol–water partition coefficient (Wildman–Crippen LogP) is 4.89. The Bertz CT molecular complexity index is 236. The van der Waals surface area contributed by atoms with Crippen molar-refractivity contribution in [2.24, 2.45) is 28.6 Å². The van der Waals surface area contributed by atoms with Gasteiger partial charge in [0.05, 0.1) is 0 Å². The van der Waals surface area contributed by atoms with Crippen LogP contribution in [0.1, 0.15) is 66.7 Å². The highest BCUT2D eigenvalue weighted by molar-refractivity contribution is 4.99. The van der Waals surface area contributed by atoms with Gasteiger partial charge in [-0.2, -0.15) is 0 Å². The fraction of sp³-hybridized carbons (Fsp3) is 1.00. The molecule has 3 atom stereocenters. The molecule has 2 rings (SSSR count). The van der Waals surface area contributed by atoms with Crippen molar-refractivity contribution in [2.45, 2.75) is 66.7 Å². The second kappa shape index (κ2) is 3.50. The molecule has 0 heterocycles. The summed E-state index contributed by atoms with van der Waals surface area (Å²) in [6, 6.07) is 0. The largest absolute Gasteiger partial charge is 0.0625 e. The molecule has 0 N–H and O–H groups in total. The first-order valence-corrected chi connectivity index (χ1v) is 6.83. The highest BCUT2D eigenvalue weighted by Crippen LogP contribution is 2.58. The van der Waals surface area contributed by atoms with Gasteiger partial charge in [0, 0.05) is 0 Å². The highest BCUT2D eigenvalue weighted by atomic mass is 14.5. The molecule has 0 amide bonds. The van der Waals surface area contributed by atoms with Gasteiger partial charge in [-0.1, -0.05) is 41.0 Å². The lowest BCUT2D eigenvalue weighted by molar-refractivity contribution is -0.0623. The molecule has 0 radical (unpaired) electrons. The zero-order valence-corrected chi connectivity index (χ0v) is 11.3. The van der Waals surface area contributed by atoms with Crippen LogP contribution in [0.15, 0.2) is 0 Å². The van der Waals surface area contributed by atoms with Gasteiger partial charge >= 0.3 is 0 Å². The van der Waals surface area contributed by atoms with E-state index in [1.807, 2.05) is 0 Å². The third-order valence-corrected chi connectivity index (χ3v) is 5.44. The lowest BCUT2D eigenvalue weighted by atomic mass is 9.49. The summed E-state index contributed by atoms with van der Waals surface area (Å²) in [6.07, 6.45) is 7.33. The zero-order chi connectivity index (χ0) is 11.3. The lowest BCUT2D eigenvalue weighted by Gasteiger charge is -2.56. The Labute approximate surface area is 95.8 Å². The van der Waals surface area contributed by atoms with Crippen LogP contribution < -0.4 is 0 Å². The van der Waals surface area contributed by atoms with Crippen molar-refractivity contribution in [1.82, 2.24) is 0 Å². The topological polar surface area (TPSA) is 0 Å². The molecule has 0 aromatic heterocycles. The molecule has 0 heteroatoms. The number of fused-ring (bicyclic) bond motifs is 1. The van der Waals surface area contributed by atoms with Crippen molar-refractivity contribution in [2.75, 3.05) is 0 Å². The van der Waals surface area contributed by atoms with Crippen molar-refractivity contribution in [3.05, 3.63) is 0 Å². The second-order valence-electron chi connectivity index (χ2n) is 7.62. The molecule has 0 spiro atoms. The molecule has 0 saturated heterocycles. The summed E-state index contributed by atoms with van der Waals surface area (Å²) in [5, 5.41) is 0. The van der Waals surface area contributed by atoms with E-state index in [0.717, 1.165) is 17.8 Å². The fourth-order valence-electron chi connectivity index (χ4n) is 4.33. The highest BCUT2D eigenvalue weighted by Gasteiger charge is 2.49. The van der Waals surface area contributed by atoms with Gasteiger partial charge in [0.25, 0.3) is 0 Å². The molecule has 0 aliphatic heterocycles. The van der Waals surface area contributed by atoms with E-state index in [9.17, 15) is 0 Å². The maximum absolute atomic E-state index is 2.52. The van der Waals surface area contributed by atoms with Crippen molar-refractivity contribution in [1.29, 1.82) is 0 Å². The molecule has 0 aromatic carbocycles. The Morgan fingerprint density at radius 1 is 0.800 bits per heavy atom. The molecule has 0 aromatic rings. The van der Waals surface area contributed by atoms with Gasteiger partial charge in [0.2, 0.25) is 0 Å². The average molecular weight is 208 g/mol. The first kappa shape index (κ1) is 11.5. The van der Waals surface area contributed by atoms with Gasteiger partial charge in [0.1, 0.15) is 0 Å². The summed E-state index contributed by atoms with van der Waals surface area (Å²) < 4.78 is 0. The van der Waals surface area contributed by atoms with Crippen LogP contribution >= 0.6 is 0 Å². The van der Waals surface area contributed by atoms with Crippen molar-refractivity contribution in [3.63, 3.8) is 0 Å². The summed E-state index contributed by atoms with van der Waals surface area (Å²) in [5.41, 5.74) is 1.20. The van der Waals surface area contributed by atoms with Crippen LogP contribution in [-0.2, 0) is 0 Å². The van der Waals surface area contributed by atoms with Gasteiger partial charge < -0.3 is 0 Å². The lowest BCUT2D eigenvalue weighted by Crippen LogP contribution is -2.47. The van der Waals surface area contributed by atoms with Crippen LogP contribution in [0, 0.1) is 28.6 Å². The van der Waals surface area contributed by atoms with Gasteiger partial charge in [-0.25, -0.2) is 0 Å². The minimum absolute atomic E-state index is 0.597. The third kappa shape index (κ3) is 1.97. The predicted molar refractivity (Wildman–Crippen MR) is 66.8 cm³/mol. The van der Waals surface area contributed by atoms with Crippen molar-refractivity contribution < 1.29 is 0 Å². The molecule has 2 fully saturated rings. The summed E-state index contributed by atoms with van der Waals surface area (Å²) >= 11 is 0. The molecule has 0 bridgehead atoms. The van der Waals surface area contributed by atoms with Gasteiger partial charge in [-0.05, 0) is 54.3 Å². The van der Waals surface area contributed by atoms with Crippen LogP contribution in [0.2, 0.25) is 0 Å². The molecule has 3 unspecified atom stereocenters. The van der Waals surface area contributed by atoms with E-state index in [4.69, 9.17) is 0 Å².